The van der Waals surface area contributed by atoms with Crippen molar-refractivity contribution in [1.29, 1.82) is 0 Å². The van der Waals surface area contributed by atoms with E-state index < -0.39 is 0 Å². The van der Waals surface area contributed by atoms with Crippen LogP contribution in [0.3, 0.4) is 0 Å². The number of amides is 1. The first kappa shape index (κ1) is 19.6. The van der Waals surface area contributed by atoms with Gasteiger partial charge in [-0.2, -0.15) is 0 Å². The number of hydrogen-bond acceptors (Lipinski definition) is 6. The molecule has 1 aliphatic heterocycles. The molecule has 1 saturated carbocycles. The van der Waals surface area contributed by atoms with Crippen molar-refractivity contribution >= 4 is 40.4 Å². The average molecular weight is 440 g/mol. The van der Waals surface area contributed by atoms with Gasteiger partial charge in [0.1, 0.15) is 5.82 Å². The molecule has 2 fully saturated rings. The van der Waals surface area contributed by atoms with Crippen molar-refractivity contribution in [2.24, 2.45) is 0 Å². The summed E-state index contributed by atoms with van der Waals surface area (Å²) in [6, 6.07) is 12.8. The minimum Gasteiger partial charge on any atom is -0.372 e. The third kappa shape index (κ3) is 4.54. The summed E-state index contributed by atoms with van der Waals surface area (Å²) in [7, 11) is 0. The Morgan fingerprint density at radius 1 is 1.13 bits per heavy atom. The second-order valence-corrected chi connectivity index (χ2v) is 9.81. The van der Waals surface area contributed by atoms with Gasteiger partial charge in [-0.15, -0.1) is 21.5 Å². The number of thioether (sulfide) groups is 1. The van der Waals surface area contributed by atoms with E-state index in [0.717, 1.165) is 36.2 Å². The summed E-state index contributed by atoms with van der Waals surface area (Å²) in [5, 5.41) is 14.8. The quantitative estimate of drug-likeness (QED) is 0.520. The maximum Gasteiger partial charge on any atom is 0.234 e. The molecule has 0 radical (unpaired) electrons. The lowest BCUT2D eigenvalue weighted by Crippen LogP contribution is -2.18. The first-order valence-electron chi connectivity index (χ1n) is 10.5. The number of benzene rings is 1. The van der Waals surface area contributed by atoms with E-state index in [-0.39, 0.29) is 5.91 Å². The van der Waals surface area contributed by atoms with E-state index in [1.807, 2.05) is 12.1 Å². The van der Waals surface area contributed by atoms with Gasteiger partial charge in [-0.25, -0.2) is 0 Å². The molecule has 1 aromatic carbocycles. The number of nitrogens with zero attached hydrogens (tertiary/aromatic N) is 4. The van der Waals surface area contributed by atoms with E-state index in [2.05, 4.69) is 54.6 Å². The molecule has 2 aromatic heterocycles. The van der Waals surface area contributed by atoms with Crippen molar-refractivity contribution in [2.75, 3.05) is 29.1 Å². The molecule has 0 atom stereocenters. The van der Waals surface area contributed by atoms with Gasteiger partial charge >= 0.3 is 0 Å². The summed E-state index contributed by atoms with van der Waals surface area (Å²) in [5.41, 5.74) is 2.07. The molecule has 5 rings (SSSR count). The van der Waals surface area contributed by atoms with E-state index in [0.29, 0.717) is 11.8 Å². The van der Waals surface area contributed by atoms with E-state index in [1.165, 1.54) is 48.0 Å². The van der Waals surface area contributed by atoms with Crippen LogP contribution < -0.4 is 10.2 Å². The van der Waals surface area contributed by atoms with E-state index >= 15 is 0 Å². The SMILES string of the molecule is O=C(CSc1nnc(Cc2cccs2)n1C1CC1)Nc1ccc(N2CCCC2)cc1. The van der Waals surface area contributed by atoms with Crippen molar-refractivity contribution in [3.63, 3.8) is 0 Å². The number of rotatable bonds is 8. The Balaban J connectivity index is 1.19. The highest BCUT2D eigenvalue weighted by molar-refractivity contribution is 7.99. The fourth-order valence-corrected chi connectivity index (χ4v) is 5.38. The fourth-order valence-electron chi connectivity index (χ4n) is 3.85. The third-order valence-electron chi connectivity index (χ3n) is 5.51. The number of aromatic nitrogens is 3. The van der Waals surface area contributed by atoms with Gasteiger partial charge in [0, 0.05) is 41.8 Å². The normalized spacial score (nSPS) is 16.2. The first-order chi connectivity index (χ1) is 14.8. The van der Waals surface area contributed by atoms with Crippen molar-refractivity contribution in [3.05, 3.63) is 52.5 Å². The molecule has 1 aliphatic carbocycles. The maximum atomic E-state index is 12.5. The molecule has 1 amide bonds. The lowest BCUT2D eigenvalue weighted by molar-refractivity contribution is -0.113. The molecule has 1 saturated heterocycles. The zero-order valence-corrected chi connectivity index (χ0v) is 18.4. The highest BCUT2D eigenvalue weighted by Gasteiger charge is 2.30. The summed E-state index contributed by atoms with van der Waals surface area (Å²) in [6.07, 6.45) is 5.65. The minimum absolute atomic E-state index is 0.0147. The monoisotopic (exact) mass is 439 g/mol. The second kappa shape index (κ2) is 8.81. The Labute approximate surface area is 184 Å². The number of hydrogen-bond donors (Lipinski definition) is 1. The van der Waals surface area contributed by atoms with Crippen molar-refractivity contribution < 1.29 is 4.79 Å². The molecule has 30 heavy (non-hydrogen) atoms. The lowest BCUT2D eigenvalue weighted by atomic mass is 10.2. The number of carbonyl (C=O) groups is 1. The van der Waals surface area contributed by atoms with Crippen LogP contribution in [0.5, 0.6) is 0 Å². The van der Waals surface area contributed by atoms with Gasteiger partial charge < -0.3 is 14.8 Å². The van der Waals surface area contributed by atoms with Crippen LogP contribution >= 0.6 is 23.1 Å². The van der Waals surface area contributed by atoms with Gasteiger partial charge in [0.2, 0.25) is 5.91 Å². The Hall–Kier alpha value is -2.32. The van der Waals surface area contributed by atoms with Crippen molar-refractivity contribution in [2.45, 2.75) is 43.3 Å². The molecule has 156 valence electrons. The smallest absolute Gasteiger partial charge is 0.234 e. The Kier molecular flexibility index (Phi) is 5.77. The summed E-state index contributed by atoms with van der Waals surface area (Å²) < 4.78 is 2.24. The van der Waals surface area contributed by atoms with E-state index in [4.69, 9.17) is 0 Å². The van der Waals surface area contributed by atoms with Crippen LogP contribution in [-0.4, -0.2) is 39.5 Å². The van der Waals surface area contributed by atoms with E-state index in [1.54, 1.807) is 11.3 Å². The second-order valence-electron chi connectivity index (χ2n) is 7.83. The lowest BCUT2D eigenvalue weighted by Gasteiger charge is -2.17. The number of thiophene rings is 1. The molecule has 8 heteroatoms. The molecule has 0 bridgehead atoms. The third-order valence-corrected chi connectivity index (χ3v) is 7.33. The van der Waals surface area contributed by atoms with Crippen LogP contribution in [0.1, 0.15) is 42.4 Å². The van der Waals surface area contributed by atoms with Crippen LogP contribution in [0.2, 0.25) is 0 Å². The van der Waals surface area contributed by atoms with Crippen LogP contribution in [0.4, 0.5) is 11.4 Å². The number of carbonyl (C=O) groups excluding carboxylic acids is 1. The number of nitrogens with one attached hydrogen (secondary N) is 1. The molecule has 0 unspecified atom stereocenters. The minimum atomic E-state index is -0.0147. The van der Waals surface area contributed by atoms with Crippen LogP contribution in [0, 0.1) is 0 Å². The molecule has 0 spiro atoms. The fraction of sp³-hybridized carbons (Fsp3) is 0.409. The van der Waals surface area contributed by atoms with Crippen LogP contribution in [-0.2, 0) is 11.2 Å². The van der Waals surface area contributed by atoms with Gasteiger partial charge in [0.05, 0.1) is 5.75 Å². The standard InChI is InChI=1S/C22H25N5OS2/c28-21(23-16-5-7-17(8-6-16)26-11-1-2-12-26)15-30-22-25-24-20(27(22)18-9-10-18)14-19-4-3-13-29-19/h3-8,13,18H,1-2,9-12,14-15H2,(H,23,28). The van der Waals surface area contributed by atoms with Gasteiger partial charge in [-0.05, 0) is 61.4 Å². The highest BCUT2D eigenvalue weighted by Crippen LogP contribution is 2.39. The number of anilines is 2. The van der Waals surface area contributed by atoms with Gasteiger partial charge in [0.25, 0.3) is 0 Å². The van der Waals surface area contributed by atoms with Gasteiger partial charge in [-0.3, -0.25) is 4.79 Å². The first-order valence-corrected chi connectivity index (χ1v) is 12.4. The highest BCUT2D eigenvalue weighted by atomic mass is 32.2. The molecule has 3 heterocycles. The zero-order valence-electron chi connectivity index (χ0n) is 16.8. The molecule has 6 nitrogen and oxygen atoms in total. The van der Waals surface area contributed by atoms with Crippen LogP contribution in [0.25, 0.3) is 0 Å². The topological polar surface area (TPSA) is 63.1 Å². The maximum absolute atomic E-state index is 12.5. The average Bonchev–Trinajstić information content (AvgIpc) is 3.17. The summed E-state index contributed by atoms with van der Waals surface area (Å²) >= 11 is 3.21. The van der Waals surface area contributed by atoms with Crippen molar-refractivity contribution in [3.8, 4) is 0 Å². The molecule has 1 N–H and O–H groups in total. The molecular formula is C22H25N5OS2. The van der Waals surface area contributed by atoms with Crippen molar-refractivity contribution in [1.82, 2.24) is 14.8 Å². The predicted octanol–water partition coefficient (Wildman–Crippen LogP) is 4.60. The van der Waals surface area contributed by atoms with Gasteiger partial charge in [-0.1, -0.05) is 17.8 Å². The Bertz CT molecular complexity index is 989. The Morgan fingerprint density at radius 3 is 2.63 bits per heavy atom. The molecular weight excluding hydrogens is 414 g/mol. The molecule has 2 aliphatic rings. The summed E-state index contributed by atoms with van der Waals surface area (Å²) in [5.74, 6) is 1.32. The van der Waals surface area contributed by atoms with Gasteiger partial charge in [0.15, 0.2) is 5.16 Å². The molecule has 3 aromatic rings. The van der Waals surface area contributed by atoms with E-state index in [9.17, 15) is 4.79 Å². The summed E-state index contributed by atoms with van der Waals surface area (Å²) in [6.45, 7) is 2.25. The largest absolute Gasteiger partial charge is 0.372 e. The zero-order chi connectivity index (χ0) is 20.3. The predicted molar refractivity (Wildman–Crippen MR) is 123 cm³/mol. The van der Waals surface area contributed by atoms with Crippen LogP contribution in [0.15, 0.2) is 46.9 Å². The summed E-state index contributed by atoms with van der Waals surface area (Å²) in [4.78, 5) is 16.2. The Morgan fingerprint density at radius 2 is 1.93 bits per heavy atom.